The van der Waals surface area contributed by atoms with E-state index in [1.807, 2.05) is 0 Å². The van der Waals surface area contributed by atoms with Crippen LogP contribution < -0.4 is 5.73 Å². The van der Waals surface area contributed by atoms with Crippen LogP contribution in [-0.2, 0) is 19.2 Å². The highest BCUT2D eigenvalue weighted by molar-refractivity contribution is 6.01. The van der Waals surface area contributed by atoms with Crippen molar-refractivity contribution in [3.63, 3.8) is 0 Å². The Hall–Kier alpha value is -1.43. The molecule has 2 amide bonds. The van der Waals surface area contributed by atoms with E-state index in [0.29, 0.717) is 18.0 Å². The first-order chi connectivity index (χ1) is 8.65. The molecular formula is C12H20N2O4. The van der Waals surface area contributed by atoms with Crippen molar-refractivity contribution in [1.29, 1.82) is 0 Å². The number of unbranched alkanes of at least 4 members (excludes halogenated alkanes) is 4. The molecule has 0 aromatic heterocycles. The number of imide groups is 1. The fraction of sp³-hybridized carbons (Fsp3) is 0.750. The molecule has 1 heterocycles. The first-order valence-corrected chi connectivity index (χ1v) is 6.42. The van der Waals surface area contributed by atoms with Crippen LogP contribution in [0.4, 0.5) is 0 Å². The molecule has 1 aliphatic heterocycles. The minimum atomic E-state index is -0.516. The Morgan fingerprint density at radius 3 is 2.22 bits per heavy atom. The second kappa shape index (κ2) is 7.81. The van der Waals surface area contributed by atoms with Crippen molar-refractivity contribution in [3.8, 4) is 0 Å². The van der Waals surface area contributed by atoms with E-state index in [0.717, 1.165) is 25.7 Å². The van der Waals surface area contributed by atoms with Gasteiger partial charge in [-0.3, -0.25) is 9.59 Å². The normalized spacial score (nSPS) is 15.3. The molecule has 0 unspecified atom stereocenters. The van der Waals surface area contributed by atoms with Crippen molar-refractivity contribution in [1.82, 2.24) is 5.06 Å². The maximum absolute atomic E-state index is 11.4. The van der Waals surface area contributed by atoms with Gasteiger partial charge in [-0.25, -0.2) is 4.79 Å². The van der Waals surface area contributed by atoms with Crippen molar-refractivity contribution in [2.24, 2.45) is 5.73 Å². The molecule has 2 N–H and O–H groups in total. The largest absolute Gasteiger partial charge is 0.333 e. The van der Waals surface area contributed by atoms with Gasteiger partial charge in [0.05, 0.1) is 0 Å². The number of carbonyl (C=O) groups excluding carboxylic acids is 3. The average molecular weight is 256 g/mol. The summed E-state index contributed by atoms with van der Waals surface area (Å²) >= 11 is 0. The van der Waals surface area contributed by atoms with Gasteiger partial charge in [-0.2, -0.15) is 0 Å². The van der Waals surface area contributed by atoms with Gasteiger partial charge in [0.25, 0.3) is 11.8 Å². The number of nitrogens with zero attached hydrogens (tertiary/aromatic N) is 1. The quantitative estimate of drug-likeness (QED) is 0.514. The van der Waals surface area contributed by atoms with Crippen LogP contribution in [0.3, 0.4) is 0 Å². The lowest BCUT2D eigenvalue weighted by molar-refractivity contribution is -0.197. The van der Waals surface area contributed by atoms with Gasteiger partial charge in [-0.15, -0.1) is 5.06 Å². The van der Waals surface area contributed by atoms with Crippen molar-refractivity contribution < 1.29 is 19.2 Å². The van der Waals surface area contributed by atoms with Crippen LogP contribution in [0.2, 0.25) is 0 Å². The van der Waals surface area contributed by atoms with E-state index in [1.165, 1.54) is 0 Å². The summed E-state index contributed by atoms with van der Waals surface area (Å²) in [5.74, 6) is -1.38. The molecule has 102 valence electrons. The molecule has 1 saturated heterocycles. The monoisotopic (exact) mass is 256 g/mol. The lowest BCUT2D eigenvalue weighted by atomic mass is 10.1. The summed E-state index contributed by atoms with van der Waals surface area (Å²) < 4.78 is 0. The molecule has 0 aromatic carbocycles. The minimum absolute atomic E-state index is 0.130. The predicted octanol–water partition coefficient (Wildman–Crippen LogP) is 0.893. The smallest absolute Gasteiger partial charge is 0.330 e. The number of amides is 2. The molecule has 0 aromatic rings. The Morgan fingerprint density at radius 1 is 1.06 bits per heavy atom. The Labute approximate surface area is 106 Å². The summed E-state index contributed by atoms with van der Waals surface area (Å²) in [5.41, 5.74) is 5.37. The first-order valence-electron chi connectivity index (χ1n) is 6.42. The van der Waals surface area contributed by atoms with Crippen LogP contribution in [0.1, 0.15) is 51.4 Å². The second-order valence-corrected chi connectivity index (χ2v) is 4.35. The zero-order valence-electron chi connectivity index (χ0n) is 10.5. The average Bonchev–Trinajstić information content (AvgIpc) is 2.65. The molecule has 0 radical (unpaired) electrons. The van der Waals surface area contributed by atoms with Gasteiger partial charge in [0.1, 0.15) is 0 Å². The number of nitrogens with two attached hydrogens (primary N) is 1. The molecule has 1 aliphatic rings. The highest BCUT2D eigenvalue weighted by Gasteiger charge is 2.32. The molecule has 0 atom stereocenters. The number of hydroxylamine groups is 2. The minimum Gasteiger partial charge on any atom is -0.330 e. The van der Waals surface area contributed by atoms with E-state index >= 15 is 0 Å². The Balaban J connectivity index is 2.10. The van der Waals surface area contributed by atoms with Crippen LogP contribution in [0.5, 0.6) is 0 Å². The lowest BCUT2D eigenvalue weighted by Gasteiger charge is -2.12. The Kier molecular flexibility index (Phi) is 6.35. The summed E-state index contributed by atoms with van der Waals surface area (Å²) in [5, 5.41) is 0.594. The molecule has 0 aliphatic carbocycles. The highest BCUT2D eigenvalue weighted by atomic mass is 16.7. The molecule has 6 nitrogen and oxygen atoms in total. The molecule has 0 spiro atoms. The fourth-order valence-corrected chi connectivity index (χ4v) is 1.75. The molecule has 1 fully saturated rings. The van der Waals surface area contributed by atoms with Gasteiger partial charge < -0.3 is 10.6 Å². The third-order valence-electron chi connectivity index (χ3n) is 2.78. The summed E-state index contributed by atoms with van der Waals surface area (Å²) in [6, 6.07) is 0. The van der Waals surface area contributed by atoms with Crippen LogP contribution in [0, 0.1) is 0 Å². The third kappa shape index (κ3) is 4.83. The van der Waals surface area contributed by atoms with Crippen LogP contribution >= 0.6 is 0 Å². The second-order valence-electron chi connectivity index (χ2n) is 4.35. The number of rotatable bonds is 8. The van der Waals surface area contributed by atoms with Gasteiger partial charge in [-0.1, -0.05) is 19.3 Å². The molecule has 0 saturated carbocycles. The van der Waals surface area contributed by atoms with Crippen LogP contribution in [0.25, 0.3) is 0 Å². The lowest BCUT2D eigenvalue weighted by Crippen LogP contribution is -2.31. The van der Waals surface area contributed by atoms with E-state index in [2.05, 4.69) is 0 Å². The molecule has 6 heteroatoms. The van der Waals surface area contributed by atoms with Gasteiger partial charge in [0.15, 0.2) is 0 Å². The van der Waals surface area contributed by atoms with Gasteiger partial charge in [0.2, 0.25) is 0 Å². The van der Waals surface area contributed by atoms with Crippen LogP contribution in [-0.4, -0.2) is 29.4 Å². The van der Waals surface area contributed by atoms with Crippen LogP contribution in [0.15, 0.2) is 0 Å². The highest BCUT2D eigenvalue weighted by Crippen LogP contribution is 2.13. The topological polar surface area (TPSA) is 89.7 Å². The maximum atomic E-state index is 11.4. The Morgan fingerprint density at radius 2 is 1.61 bits per heavy atom. The van der Waals surface area contributed by atoms with E-state index in [4.69, 9.17) is 10.6 Å². The Bertz CT molecular complexity index is 301. The molecule has 0 bridgehead atoms. The van der Waals surface area contributed by atoms with Crippen molar-refractivity contribution in [2.45, 2.75) is 51.4 Å². The van der Waals surface area contributed by atoms with E-state index in [1.54, 1.807) is 0 Å². The SMILES string of the molecule is NCCCCCCCC(=O)ON1C(=O)CCC1=O. The first kappa shape index (κ1) is 14.6. The fourth-order valence-electron chi connectivity index (χ4n) is 1.75. The summed E-state index contributed by atoms with van der Waals surface area (Å²) in [7, 11) is 0. The summed E-state index contributed by atoms with van der Waals surface area (Å²) in [4.78, 5) is 38.5. The summed E-state index contributed by atoms with van der Waals surface area (Å²) in [6.45, 7) is 0.696. The maximum Gasteiger partial charge on any atom is 0.333 e. The zero-order chi connectivity index (χ0) is 13.4. The van der Waals surface area contributed by atoms with Crippen molar-refractivity contribution in [2.75, 3.05) is 6.54 Å². The third-order valence-corrected chi connectivity index (χ3v) is 2.78. The molecule has 18 heavy (non-hydrogen) atoms. The van der Waals surface area contributed by atoms with Gasteiger partial charge in [0, 0.05) is 19.3 Å². The number of hydrogen-bond donors (Lipinski definition) is 1. The van der Waals surface area contributed by atoms with Gasteiger partial charge in [-0.05, 0) is 19.4 Å². The van der Waals surface area contributed by atoms with E-state index in [-0.39, 0.29) is 19.3 Å². The molecular weight excluding hydrogens is 236 g/mol. The molecule has 1 rings (SSSR count). The van der Waals surface area contributed by atoms with Crippen molar-refractivity contribution in [3.05, 3.63) is 0 Å². The van der Waals surface area contributed by atoms with Gasteiger partial charge >= 0.3 is 5.97 Å². The van der Waals surface area contributed by atoms with Crippen molar-refractivity contribution >= 4 is 17.8 Å². The van der Waals surface area contributed by atoms with E-state index in [9.17, 15) is 14.4 Å². The predicted molar refractivity (Wildman–Crippen MR) is 63.9 cm³/mol. The number of carbonyl (C=O) groups is 3. The number of hydrogen-bond acceptors (Lipinski definition) is 5. The standard InChI is InChI=1S/C12H20N2O4/c13-9-5-3-1-2-4-6-12(17)18-14-10(15)7-8-11(14)16/h1-9,13H2. The summed E-state index contributed by atoms with van der Waals surface area (Å²) in [6.07, 6.45) is 5.23. The zero-order valence-corrected chi connectivity index (χ0v) is 10.5. The van der Waals surface area contributed by atoms with E-state index < -0.39 is 17.8 Å².